The maximum absolute atomic E-state index is 14.4. The van der Waals surface area contributed by atoms with E-state index in [0.29, 0.717) is 17.5 Å². The summed E-state index contributed by atoms with van der Waals surface area (Å²) in [5, 5.41) is 9.32. The van der Waals surface area contributed by atoms with E-state index in [1.165, 1.54) is 12.4 Å². The first-order valence-corrected chi connectivity index (χ1v) is 12.1. The molecule has 34 heavy (non-hydrogen) atoms. The minimum absolute atomic E-state index is 0.00374. The summed E-state index contributed by atoms with van der Waals surface area (Å²) < 4.78 is 54.8. The second-order valence-corrected chi connectivity index (χ2v) is 10.1. The minimum atomic E-state index is -4.52. The fourth-order valence-electron chi connectivity index (χ4n) is 4.94. The molecule has 0 bridgehead atoms. The monoisotopic (exact) mass is 492 g/mol. The van der Waals surface area contributed by atoms with E-state index in [1.54, 1.807) is 24.0 Å². The van der Waals surface area contributed by atoms with Crippen molar-refractivity contribution < 1.29 is 17.6 Å². The molecule has 0 amide bonds. The normalized spacial score (nSPS) is 22.6. The Morgan fingerprint density at radius 1 is 1.21 bits per heavy atom. The van der Waals surface area contributed by atoms with E-state index in [1.807, 2.05) is 11.6 Å². The van der Waals surface area contributed by atoms with Crippen LogP contribution in [0.1, 0.15) is 36.3 Å². The van der Waals surface area contributed by atoms with Crippen LogP contribution >= 0.6 is 11.8 Å². The second kappa shape index (κ2) is 8.92. The second-order valence-electron chi connectivity index (χ2n) is 9.04. The predicted octanol–water partition coefficient (Wildman–Crippen LogP) is 4.79. The zero-order chi connectivity index (χ0) is 23.9. The van der Waals surface area contributed by atoms with Crippen LogP contribution in [0, 0.1) is 11.2 Å². The molecule has 2 atom stereocenters. The molecule has 3 heterocycles. The van der Waals surface area contributed by atoms with Crippen molar-refractivity contribution in [1.82, 2.24) is 29.6 Å². The van der Waals surface area contributed by atoms with Gasteiger partial charge in [-0.25, -0.2) is 14.4 Å². The summed E-state index contributed by atoms with van der Waals surface area (Å²) in [5.74, 6) is 0.849. The van der Waals surface area contributed by atoms with Crippen molar-refractivity contribution in [2.75, 3.05) is 25.4 Å². The molecule has 2 aromatic heterocycles. The molecule has 0 radical (unpaired) electrons. The molecule has 1 aromatic carbocycles. The van der Waals surface area contributed by atoms with Gasteiger partial charge in [-0.15, -0.1) is 10.2 Å². The van der Waals surface area contributed by atoms with Gasteiger partial charge in [-0.05, 0) is 67.4 Å². The smallest absolute Gasteiger partial charge is 0.304 e. The Kier molecular flexibility index (Phi) is 6.09. The van der Waals surface area contributed by atoms with Gasteiger partial charge >= 0.3 is 6.18 Å². The standard InChI is InChI=1S/C23H24F4N6S/c1-32-20(19-5-7-28-14-29-19)30-31-21(32)34-10-2-8-33-9-6-22(13-33)12-17(22)16-4-3-15(11-18(16)24)23(25,26)27/h3-5,7,11,14,17H,2,6,8-10,12-13H2,1H3/t17-,22?/m1/s1. The number of halogens is 4. The Hall–Kier alpha value is -2.53. The molecule has 6 nitrogen and oxygen atoms in total. The number of aromatic nitrogens is 5. The van der Waals surface area contributed by atoms with Crippen LogP contribution in [-0.4, -0.2) is 55.0 Å². The average Bonchev–Trinajstić information content (AvgIpc) is 3.14. The third-order valence-electron chi connectivity index (χ3n) is 6.85. The third-order valence-corrected chi connectivity index (χ3v) is 7.96. The van der Waals surface area contributed by atoms with E-state index in [2.05, 4.69) is 25.1 Å². The number of thioether (sulfide) groups is 1. The number of alkyl halides is 3. The molecular weight excluding hydrogens is 468 g/mol. The highest BCUT2D eigenvalue weighted by molar-refractivity contribution is 7.99. The Morgan fingerprint density at radius 3 is 2.79 bits per heavy atom. The van der Waals surface area contributed by atoms with Gasteiger partial charge in [0, 0.05) is 25.5 Å². The molecule has 1 saturated carbocycles. The Balaban J connectivity index is 1.11. The number of rotatable bonds is 7. The highest BCUT2D eigenvalue weighted by atomic mass is 32.2. The van der Waals surface area contributed by atoms with Crippen LogP contribution in [0.5, 0.6) is 0 Å². The Bertz CT molecular complexity index is 1170. The van der Waals surface area contributed by atoms with Gasteiger partial charge in [-0.2, -0.15) is 13.2 Å². The van der Waals surface area contributed by atoms with E-state index in [-0.39, 0.29) is 11.3 Å². The minimum Gasteiger partial charge on any atom is -0.304 e. The topological polar surface area (TPSA) is 59.7 Å². The zero-order valence-corrected chi connectivity index (χ0v) is 19.4. The van der Waals surface area contributed by atoms with E-state index >= 15 is 0 Å². The van der Waals surface area contributed by atoms with Crippen molar-refractivity contribution in [2.24, 2.45) is 12.5 Å². The van der Waals surface area contributed by atoms with Crippen LogP contribution in [0.15, 0.2) is 41.9 Å². The molecule has 2 aliphatic rings. The molecule has 2 fully saturated rings. The van der Waals surface area contributed by atoms with Crippen molar-refractivity contribution in [1.29, 1.82) is 0 Å². The van der Waals surface area contributed by atoms with Crippen molar-refractivity contribution in [3.63, 3.8) is 0 Å². The molecule has 1 spiro atoms. The quantitative estimate of drug-likeness (QED) is 0.269. The molecule has 0 N–H and O–H groups in total. The maximum Gasteiger partial charge on any atom is 0.416 e. The van der Waals surface area contributed by atoms with Crippen LogP contribution in [-0.2, 0) is 13.2 Å². The molecule has 180 valence electrons. The van der Waals surface area contributed by atoms with Crippen molar-refractivity contribution in [3.05, 3.63) is 53.7 Å². The molecule has 1 unspecified atom stereocenters. The van der Waals surface area contributed by atoms with Crippen LogP contribution in [0.2, 0.25) is 0 Å². The number of hydrogen-bond acceptors (Lipinski definition) is 6. The molecule has 1 saturated heterocycles. The number of benzene rings is 1. The van der Waals surface area contributed by atoms with Crippen molar-refractivity contribution in [2.45, 2.75) is 36.5 Å². The highest BCUT2D eigenvalue weighted by Crippen LogP contribution is 2.64. The van der Waals surface area contributed by atoms with Crippen molar-refractivity contribution >= 4 is 11.8 Å². The summed E-state index contributed by atoms with van der Waals surface area (Å²) in [5.41, 5.74) is 0.222. The first-order valence-electron chi connectivity index (χ1n) is 11.1. The van der Waals surface area contributed by atoms with Gasteiger partial charge in [0.1, 0.15) is 17.8 Å². The van der Waals surface area contributed by atoms with Gasteiger partial charge in [0.05, 0.1) is 5.56 Å². The number of likely N-dealkylation sites (tertiary alicyclic amines) is 1. The summed E-state index contributed by atoms with van der Waals surface area (Å²) in [6.07, 6.45) is 1.39. The van der Waals surface area contributed by atoms with Gasteiger partial charge in [-0.3, -0.25) is 0 Å². The van der Waals surface area contributed by atoms with Crippen LogP contribution in [0.4, 0.5) is 17.6 Å². The lowest BCUT2D eigenvalue weighted by molar-refractivity contribution is -0.137. The zero-order valence-electron chi connectivity index (χ0n) is 18.6. The van der Waals surface area contributed by atoms with E-state index < -0.39 is 17.6 Å². The summed E-state index contributed by atoms with van der Waals surface area (Å²) in [6.45, 7) is 2.73. The lowest BCUT2D eigenvalue weighted by Crippen LogP contribution is -2.23. The molecule has 11 heteroatoms. The lowest BCUT2D eigenvalue weighted by atomic mass is 9.97. The van der Waals surface area contributed by atoms with E-state index in [4.69, 9.17) is 0 Å². The van der Waals surface area contributed by atoms with Crippen LogP contribution in [0.3, 0.4) is 0 Å². The first kappa shape index (κ1) is 23.2. The molecule has 1 aliphatic carbocycles. The SMILES string of the molecule is Cn1c(SCCCN2CCC3(C[C@@H]3c3ccc(C(F)(F)F)cc3F)C2)nnc1-c1ccncn1. The highest BCUT2D eigenvalue weighted by Gasteiger charge is 2.58. The summed E-state index contributed by atoms with van der Waals surface area (Å²) in [4.78, 5) is 10.5. The fraction of sp³-hybridized carbons (Fsp3) is 0.478. The summed E-state index contributed by atoms with van der Waals surface area (Å²) >= 11 is 1.64. The van der Waals surface area contributed by atoms with Crippen LogP contribution < -0.4 is 0 Å². The van der Waals surface area contributed by atoms with Gasteiger partial charge in [0.25, 0.3) is 0 Å². The molecule has 3 aromatic rings. The molecular formula is C23H24F4N6S. The maximum atomic E-state index is 14.4. The number of nitrogens with zero attached hydrogens (tertiary/aromatic N) is 6. The lowest BCUT2D eigenvalue weighted by Gasteiger charge is -2.16. The Labute approximate surface area is 198 Å². The average molecular weight is 493 g/mol. The first-order chi connectivity index (χ1) is 16.3. The number of hydrogen-bond donors (Lipinski definition) is 0. The van der Waals surface area contributed by atoms with Crippen molar-refractivity contribution in [3.8, 4) is 11.5 Å². The van der Waals surface area contributed by atoms with Gasteiger partial charge in [0.15, 0.2) is 11.0 Å². The van der Waals surface area contributed by atoms with Gasteiger partial charge in [0.2, 0.25) is 0 Å². The van der Waals surface area contributed by atoms with Gasteiger partial charge < -0.3 is 9.47 Å². The third kappa shape index (κ3) is 4.55. The predicted molar refractivity (Wildman–Crippen MR) is 120 cm³/mol. The Morgan fingerprint density at radius 2 is 2.06 bits per heavy atom. The van der Waals surface area contributed by atoms with E-state index in [0.717, 1.165) is 61.6 Å². The summed E-state index contributed by atoms with van der Waals surface area (Å²) in [6, 6.07) is 4.75. The van der Waals surface area contributed by atoms with Crippen LogP contribution in [0.25, 0.3) is 11.5 Å². The largest absolute Gasteiger partial charge is 0.416 e. The van der Waals surface area contributed by atoms with Gasteiger partial charge in [-0.1, -0.05) is 17.8 Å². The molecule has 1 aliphatic heterocycles. The van der Waals surface area contributed by atoms with E-state index in [9.17, 15) is 17.6 Å². The molecule has 5 rings (SSSR count). The summed E-state index contributed by atoms with van der Waals surface area (Å²) in [7, 11) is 1.91. The fourth-order valence-corrected chi connectivity index (χ4v) is 5.77.